The van der Waals surface area contributed by atoms with Crippen LogP contribution in [0.25, 0.3) is 10.9 Å². The first-order chi connectivity index (χ1) is 9.54. The average molecular weight is 296 g/mol. The SMILES string of the molecule is COCC(O)CNS(=O)(=O)c1cccc2ncccc12. The van der Waals surface area contributed by atoms with Crippen molar-refractivity contribution in [1.29, 1.82) is 0 Å². The van der Waals surface area contributed by atoms with Crippen molar-refractivity contribution in [1.82, 2.24) is 9.71 Å². The van der Waals surface area contributed by atoms with Gasteiger partial charge in [-0.2, -0.15) is 0 Å². The van der Waals surface area contributed by atoms with Gasteiger partial charge in [-0.05, 0) is 24.3 Å². The normalized spacial score (nSPS) is 13.5. The molecule has 0 fully saturated rings. The largest absolute Gasteiger partial charge is 0.389 e. The van der Waals surface area contributed by atoms with Crippen molar-refractivity contribution < 1.29 is 18.3 Å². The van der Waals surface area contributed by atoms with E-state index in [9.17, 15) is 13.5 Å². The summed E-state index contributed by atoms with van der Waals surface area (Å²) in [4.78, 5) is 4.26. The molecule has 0 radical (unpaired) electrons. The van der Waals surface area contributed by atoms with Gasteiger partial charge in [0.15, 0.2) is 0 Å². The third kappa shape index (κ3) is 3.31. The third-order valence-corrected chi connectivity index (χ3v) is 4.24. The number of aliphatic hydroxyl groups is 1. The number of benzene rings is 1. The number of hydrogen-bond acceptors (Lipinski definition) is 5. The lowest BCUT2D eigenvalue weighted by Gasteiger charge is -2.12. The van der Waals surface area contributed by atoms with Gasteiger partial charge in [0, 0.05) is 25.2 Å². The van der Waals surface area contributed by atoms with Crippen LogP contribution in [0.5, 0.6) is 0 Å². The number of nitrogens with zero attached hydrogens (tertiary/aromatic N) is 1. The molecule has 0 aliphatic heterocycles. The maximum absolute atomic E-state index is 12.3. The molecular weight excluding hydrogens is 280 g/mol. The highest BCUT2D eigenvalue weighted by molar-refractivity contribution is 7.89. The van der Waals surface area contributed by atoms with E-state index in [1.54, 1.807) is 30.5 Å². The molecule has 0 saturated heterocycles. The van der Waals surface area contributed by atoms with Gasteiger partial charge >= 0.3 is 0 Å². The first-order valence-electron chi connectivity index (χ1n) is 6.05. The molecule has 20 heavy (non-hydrogen) atoms. The van der Waals surface area contributed by atoms with Crippen molar-refractivity contribution in [3.63, 3.8) is 0 Å². The van der Waals surface area contributed by atoms with Crippen molar-refractivity contribution in [2.45, 2.75) is 11.0 Å². The van der Waals surface area contributed by atoms with Crippen LogP contribution in [0.2, 0.25) is 0 Å². The van der Waals surface area contributed by atoms with Gasteiger partial charge in [0.1, 0.15) is 0 Å². The monoisotopic (exact) mass is 296 g/mol. The predicted molar refractivity (Wildman–Crippen MR) is 74.8 cm³/mol. The zero-order valence-electron chi connectivity index (χ0n) is 11.0. The topological polar surface area (TPSA) is 88.5 Å². The molecule has 1 atom stereocenters. The van der Waals surface area contributed by atoms with Gasteiger partial charge in [-0.15, -0.1) is 0 Å². The van der Waals surface area contributed by atoms with Crippen molar-refractivity contribution in [2.75, 3.05) is 20.3 Å². The zero-order valence-corrected chi connectivity index (χ0v) is 11.8. The highest BCUT2D eigenvalue weighted by Crippen LogP contribution is 2.20. The number of methoxy groups -OCH3 is 1. The Kier molecular flexibility index (Phi) is 4.66. The van der Waals surface area contributed by atoms with Gasteiger partial charge in [-0.25, -0.2) is 13.1 Å². The first kappa shape index (κ1) is 14.9. The zero-order chi connectivity index (χ0) is 14.6. The standard InChI is InChI=1S/C13H16N2O4S/c1-19-9-10(16)8-15-20(17,18)13-6-2-5-12-11(13)4-3-7-14-12/h2-7,10,15-16H,8-9H2,1H3. The number of fused-ring (bicyclic) bond motifs is 1. The number of aromatic nitrogens is 1. The number of pyridine rings is 1. The quantitative estimate of drug-likeness (QED) is 0.811. The van der Waals surface area contributed by atoms with E-state index < -0.39 is 16.1 Å². The van der Waals surface area contributed by atoms with E-state index in [1.165, 1.54) is 13.2 Å². The molecule has 2 N–H and O–H groups in total. The summed E-state index contributed by atoms with van der Waals surface area (Å²) in [7, 11) is -2.27. The van der Waals surface area contributed by atoms with Crippen LogP contribution < -0.4 is 4.72 Å². The Hall–Kier alpha value is -1.54. The minimum absolute atomic E-state index is 0.0691. The van der Waals surface area contributed by atoms with Gasteiger partial charge in [0.05, 0.1) is 23.1 Å². The Morgan fingerprint density at radius 3 is 2.90 bits per heavy atom. The van der Waals surface area contributed by atoms with Gasteiger partial charge in [-0.1, -0.05) is 6.07 Å². The average Bonchev–Trinajstić information content (AvgIpc) is 2.45. The van der Waals surface area contributed by atoms with E-state index in [2.05, 4.69) is 9.71 Å². The van der Waals surface area contributed by atoms with Crippen LogP contribution in [0.1, 0.15) is 0 Å². The molecule has 0 aliphatic rings. The number of nitrogens with one attached hydrogen (secondary N) is 1. The van der Waals surface area contributed by atoms with Gasteiger partial charge in [0.25, 0.3) is 0 Å². The lowest BCUT2D eigenvalue weighted by atomic mass is 10.2. The molecular formula is C13H16N2O4S. The summed E-state index contributed by atoms with van der Waals surface area (Å²) in [6, 6.07) is 8.27. The predicted octanol–water partition coefficient (Wildman–Crippen LogP) is 0.520. The van der Waals surface area contributed by atoms with E-state index in [0.717, 1.165) is 0 Å². The molecule has 0 saturated carbocycles. The highest BCUT2D eigenvalue weighted by atomic mass is 32.2. The van der Waals surface area contributed by atoms with Gasteiger partial charge in [-0.3, -0.25) is 4.98 Å². The second kappa shape index (κ2) is 6.27. The van der Waals surface area contributed by atoms with E-state index in [0.29, 0.717) is 10.9 Å². The summed E-state index contributed by atoms with van der Waals surface area (Å²) >= 11 is 0. The highest BCUT2D eigenvalue weighted by Gasteiger charge is 2.18. The minimum atomic E-state index is -3.71. The fourth-order valence-electron chi connectivity index (χ4n) is 1.84. The van der Waals surface area contributed by atoms with Crippen LogP contribution in [-0.2, 0) is 14.8 Å². The summed E-state index contributed by atoms with van der Waals surface area (Å²) < 4.78 is 31.6. The maximum Gasteiger partial charge on any atom is 0.241 e. The van der Waals surface area contributed by atoms with E-state index in [1.807, 2.05) is 0 Å². The molecule has 0 aliphatic carbocycles. The molecule has 0 spiro atoms. The summed E-state index contributed by atoms with van der Waals surface area (Å²) in [5.74, 6) is 0. The fourth-order valence-corrected chi connectivity index (χ4v) is 3.13. The summed E-state index contributed by atoms with van der Waals surface area (Å²) in [6.07, 6.45) is 0.719. The summed E-state index contributed by atoms with van der Waals surface area (Å²) in [5.41, 5.74) is 0.604. The molecule has 1 aromatic carbocycles. The van der Waals surface area contributed by atoms with Crippen LogP contribution in [0.15, 0.2) is 41.4 Å². The second-order valence-corrected chi connectivity index (χ2v) is 6.02. The Morgan fingerprint density at radius 2 is 2.15 bits per heavy atom. The summed E-state index contributed by atoms with van der Waals surface area (Å²) in [6.45, 7) is -0.0353. The first-order valence-corrected chi connectivity index (χ1v) is 7.53. The van der Waals surface area contributed by atoms with Gasteiger partial charge in [0.2, 0.25) is 10.0 Å². The molecule has 2 rings (SSSR count). The molecule has 108 valence electrons. The Bertz CT molecular complexity index is 682. The smallest absolute Gasteiger partial charge is 0.241 e. The molecule has 1 aromatic heterocycles. The van der Waals surface area contributed by atoms with E-state index >= 15 is 0 Å². The van der Waals surface area contributed by atoms with Crippen molar-refractivity contribution >= 4 is 20.9 Å². The van der Waals surface area contributed by atoms with Crippen LogP contribution in [0.4, 0.5) is 0 Å². The number of rotatable bonds is 6. The lowest BCUT2D eigenvalue weighted by Crippen LogP contribution is -2.34. The van der Waals surface area contributed by atoms with E-state index in [-0.39, 0.29) is 18.0 Å². The Labute approximate surface area is 117 Å². The summed E-state index contributed by atoms with van der Waals surface area (Å²) in [5, 5.41) is 10.1. The Balaban J connectivity index is 2.28. The lowest BCUT2D eigenvalue weighted by molar-refractivity contribution is 0.0679. The molecule has 0 amide bonds. The fraction of sp³-hybridized carbons (Fsp3) is 0.308. The van der Waals surface area contributed by atoms with E-state index in [4.69, 9.17) is 4.74 Å². The van der Waals surface area contributed by atoms with Crippen LogP contribution in [0, 0.1) is 0 Å². The molecule has 1 unspecified atom stereocenters. The third-order valence-electron chi connectivity index (χ3n) is 2.76. The Morgan fingerprint density at radius 1 is 1.35 bits per heavy atom. The number of sulfonamides is 1. The molecule has 0 bridgehead atoms. The van der Waals surface area contributed by atoms with Crippen molar-refractivity contribution in [3.8, 4) is 0 Å². The number of aliphatic hydroxyl groups excluding tert-OH is 1. The molecule has 6 nitrogen and oxygen atoms in total. The minimum Gasteiger partial charge on any atom is -0.389 e. The number of hydrogen-bond donors (Lipinski definition) is 2. The molecule has 7 heteroatoms. The number of ether oxygens (including phenoxy) is 1. The maximum atomic E-state index is 12.3. The van der Waals surface area contributed by atoms with Gasteiger partial charge < -0.3 is 9.84 Å². The second-order valence-electron chi connectivity index (χ2n) is 4.29. The van der Waals surface area contributed by atoms with Crippen LogP contribution in [0.3, 0.4) is 0 Å². The van der Waals surface area contributed by atoms with Crippen LogP contribution in [-0.4, -0.2) is 44.9 Å². The van der Waals surface area contributed by atoms with Crippen molar-refractivity contribution in [2.24, 2.45) is 0 Å². The molecule has 2 aromatic rings. The van der Waals surface area contributed by atoms with Crippen LogP contribution >= 0.6 is 0 Å². The van der Waals surface area contributed by atoms with Crippen molar-refractivity contribution in [3.05, 3.63) is 36.5 Å². The molecule has 1 heterocycles.